The number of rotatable bonds is 1. The fourth-order valence-electron chi connectivity index (χ4n) is 0.816. The molecule has 0 bridgehead atoms. The first-order chi connectivity index (χ1) is 5.66. The highest BCUT2D eigenvalue weighted by Crippen LogP contribution is 2.18. The number of hydrogen-bond donors (Lipinski definition) is 3. The van der Waals surface area contributed by atoms with Gasteiger partial charge in [0.1, 0.15) is 11.6 Å². The van der Waals surface area contributed by atoms with Crippen molar-refractivity contribution in [2.45, 2.75) is 0 Å². The predicted molar refractivity (Wildman–Crippen MR) is 40.6 cm³/mol. The van der Waals surface area contributed by atoms with Gasteiger partial charge in [-0.2, -0.15) is 0 Å². The van der Waals surface area contributed by atoms with Crippen molar-refractivity contribution < 1.29 is 14.7 Å². The molecule has 0 heterocycles. The molecule has 0 aliphatic heterocycles. The minimum absolute atomic E-state index is 0.292. The van der Waals surface area contributed by atoms with E-state index in [4.69, 9.17) is 16.0 Å². The average Bonchev–Trinajstić information content (AvgIpc) is 2.03. The molecule has 0 aromatic heterocycles. The second kappa shape index (κ2) is 3.08. The second-order valence-electron chi connectivity index (χ2n) is 2.12. The summed E-state index contributed by atoms with van der Waals surface area (Å²) < 4.78 is 12.9. The van der Waals surface area contributed by atoms with Gasteiger partial charge in [0.15, 0.2) is 5.84 Å². The van der Waals surface area contributed by atoms with Crippen LogP contribution in [0.25, 0.3) is 0 Å². The molecule has 4 N–H and O–H groups in total. The Bertz CT molecular complexity index is 305. The van der Waals surface area contributed by atoms with Crippen LogP contribution >= 0.6 is 0 Å². The van der Waals surface area contributed by atoms with Gasteiger partial charge in [0, 0.05) is 0 Å². The molecule has 0 spiro atoms. The highest BCUT2D eigenvalue weighted by molar-refractivity contribution is 5.99. The van der Waals surface area contributed by atoms with E-state index in [2.05, 4.69) is 5.16 Å². The number of benzene rings is 1. The normalized spacial score (nSPS) is 11.6. The molecular weight excluding hydrogens is 163 g/mol. The maximum absolute atomic E-state index is 12.9. The first-order valence-corrected chi connectivity index (χ1v) is 3.12. The SMILES string of the molecule is NC(=NO)c1c(O)cccc1F. The van der Waals surface area contributed by atoms with E-state index in [0.29, 0.717) is 0 Å². The summed E-state index contributed by atoms with van der Waals surface area (Å²) in [6, 6.07) is 3.67. The minimum Gasteiger partial charge on any atom is -0.507 e. The van der Waals surface area contributed by atoms with Crippen LogP contribution in [-0.2, 0) is 0 Å². The molecule has 64 valence electrons. The molecule has 1 rings (SSSR count). The van der Waals surface area contributed by atoms with E-state index >= 15 is 0 Å². The molecule has 12 heavy (non-hydrogen) atoms. The number of hydrogen-bond acceptors (Lipinski definition) is 3. The molecule has 0 aliphatic carbocycles. The topological polar surface area (TPSA) is 78.8 Å². The lowest BCUT2D eigenvalue weighted by Gasteiger charge is -2.02. The van der Waals surface area contributed by atoms with Crippen LogP contribution in [0.2, 0.25) is 0 Å². The fraction of sp³-hybridized carbons (Fsp3) is 0. The number of amidine groups is 1. The predicted octanol–water partition coefficient (Wildman–Crippen LogP) is 0.626. The third-order valence-corrected chi connectivity index (χ3v) is 1.36. The molecule has 5 heteroatoms. The van der Waals surface area contributed by atoms with Gasteiger partial charge in [0.05, 0.1) is 5.56 Å². The van der Waals surface area contributed by atoms with Gasteiger partial charge >= 0.3 is 0 Å². The summed E-state index contributed by atoms with van der Waals surface area (Å²) in [7, 11) is 0. The smallest absolute Gasteiger partial charge is 0.176 e. The molecule has 0 saturated heterocycles. The number of phenols is 1. The quantitative estimate of drug-likeness (QED) is 0.250. The summed E-state index contributed by atoms with van der Waals surface area (Å²) in [5.41, 5.74) is 4.80. The summed E-state index contributed by atoms with van der Waals surface area (Å²) in [5, 5.41) is 19.9. The van der Waals surface area contributed by atoms with E-state index in [1.165, 1.54) is 12.1 Å². The van der Waals surface area contributed by atoms with Gasteiger partial charge in [-0.15, -0.1) is 0 Å². The molecule has 4 nitrogen and oxygen atoms in total. The summed E-state index contributed by atoms with van der Waals surface area (Å²) >= 11 is 0. The number of halogens is 1. The molecule has 0 fully saturated rings. The number of phenolic OH excluding ortho intramolecular Hbond substituents is 1. The highest BCUT2D eigenvalue weighted by atomic mass is 19.1. The van der Waals surface area contributed by atoms with Crippen molar-refractivity contribution in [3.63, 3.8) is 0 Å². The van der Waals surface area contributed by atoms with Gasteiger partial charge < -0.3 is 16.0 Å². The third-order valence-electron chi connectivity index (χ3n) is 1.36. The molecule has 0 saturated carbocycles. The van der Waals surface area contributed by atoms with Crippen molar-refractivity contribution in [1.82, 2.24) is 0 Å². The van der Waals surface area contributed by atoms with Crippen LogP contribution in [0.4, 0.5) is 4.39 Å². The van der Waals surface area contributed by atoms with Gasteiger partial charge in [-0.1, -0.05) is 11.2 Å². The van der Waals surface area contributed by atoms with Gasteiger partial charge in [-0.25, -0.2) is 4.39 Å². The van der Waals surface area contributed by atoms with Crippen LogP contribution in [0.1, 0.15) is 5.56 Å². The first-order valence-electron chi connectivity index (χ1n) is 3.12. The Morgan fingerprint density at radius 1 is 1.50 bits per heavy atom. The van der Waals surface area contributed by atoms with Crippen LogP contribution < -0.4 is 5.73 Å². The van der Waals surface area contributed by atoms with Crippen LogP contribution in [-0.4, -0.2) is 16.1 Å². The van der Waals surface area contributed by atoms with E-state index in [1.54, 1.807) is 0 Å². The lowest BCUT2D eigenvalue weighted by molar-refractivity contribution is 0.318. The Balaban J connectivity index is 3.31. The zero-order valence-corrected chi connectivity index (χ0v) is 6.03. The lowest BCUT2D eigenvalue weighted by atomic mass is 10.2. The van der Waals surface area contributed by atoms with Crippen LogP contribution in [0.3, 0.4) is 0 Å². The van der Waals surface area contributed by atoms with Crippen LogP contribution in [0.5, 0.6) is 5.75 Å². The molecule has 1 aromatic carbocycles. The number of nitrogens with zero attached hydrogens (tertiary/aromatic N) is 1. The van der Waals surface area contributed by atoms with E-state index < -0.39 is 11.7 Å². The number of oxime groups is 1. The van der Waals surface area contributed by atoms with Crippen molar-refractivity contribution in [3.05, 3.63) is 29.6 Å². The highest BCUT2D eigenvalue weighted by Gasteiger charge is 2.11. The van der Waals surface area contributed by atoms with E-state index in [0.717, 1.165) is 6.07 Å². The van der Waals surface area contributed by atoms with E-state index in [-0.39, 0.29) is 11.3 Å². The summed E-state index contributed by atoms with van der Waals surface area (Å²) in [4.78, 5) is 0. The molecule has 0 radical (unpaired) electrons. The maximum Gasteiger partial charge on any atom is 0.176 e. The second-order valence-corrected chi connectivity index (χ2v) is 2.12. The average molecular weight is 170 g/mol. The number of nitrogens with two attached hydrogens (primary N) is 1. The zero-order valence-electron chi connectivity index (χ0n) is 6.03. The van der Waals surface area contributed by atoms with Gasteiger partial charge in [0.2, 0.25) is 0 Å². The van der Waals surface area contributed by atoms with Crippen molar-refractivity contribution in [2.24, 2.45) is 10.9 Å². The summed E-state index contributed by atoms with van der Waals surface area (Å²) in [5.74, 6) is -1.54. The Labute approximate surface area is 67.7 Å². The molecular formula is C7H7FN2O2. The first kappa shape index (κ1) is 8.32. The van der Waals surface area contributed by atoms with E-state index in [9.17, 15) is 4.39 Å². The molecule has 0 amide bonds. The largest absolute Gasteiger partial charge is 0.507 e. The Morgan fingerprint density at radius 2 is 2.17 bits per heavy atom. The van der Waals surface area contributed by atoms with Gasteiger partial charge in [0.25, 0.3) is 0 Å². The Morgan fingerprint density at radius 3 is 2.67 bits per heavy atom. The standard InChI is InChI=1S/C7H7FN2O2/c8-4-2-1-3-5(11)6(4)7(9)10-12/h1-3,11-12H,(H2,9,10). The third kappa shape index (κ3) is 1.29. The Kier molecular flexibility index (Phi) is 2.14. The number of aromatic hydroxyl groups is 1. The molecule has 0 aliphatic rings. The van der Waals surface area contributed by atoms with Gasteiger partial charge in [-0.3, -0.25) is 0 Å². The van der Waals surface area contributed by atoms with Crippen molar-refractivity contribution >= 4 is 5.84 Å². The van der Waals surface area contributed by atoms with Crippen LogP contribution in [0, 0.1) is 5.82 Å². The summed E-state index contributed by atoms with van der Waals surface area (Å²) in [6.07, 6.45) is 0. The van der Waals surface area contributed by atoms with E-state index in [1.807, 2.05) is 0 Å². The monoisotopic (exact) mass is 170 g/mol. The van der Waals surface area contributed by atoms with Crippen molar-refractivity contribution in [1.29, 1.82) is 0 Å². The molecule has 0 unspecified atom stereocenters. The fourth-order valence-corrected chi connectivity index (χ4v) is 0.816. The lowest BCUT2D eigenvalue weighted by Crippen LogP contribution is -2.15. The Hall–Kier alpha value is -1.78. The zero-order chi connectivity index (χ0) is 9.14. The maximum atomic E-state index is 12.9. The van der Waals surface area contributed by atoms with Crippen molar-refractivity contribution in [3.8, 4) is 5.75 Å². The van der Waals surface area contributed by atoms with Gasteiger partial charge in [-0.05, 0) is 12.1 Å². The molecule has 0 atom stereocenters. The minimum atomic E-state index is -0.731. The van der Waals surface area contributed by atoms with Crippen molar-refractivity contribution in [2.75, 3.05) is 0 Å². The molecule has 1 aromatic rings. The summed E-state index contributed by atoms with van der Waals surface area (Å²) in [6.45, 7) is 0. The van der Waals surface area contributed by atoms with Crippen LogP contribution in [0.15, 0.2) is 23.4 Å².